The van der Waals surface area contributed by atoms with Crippen LogP contribution in [0.2, 0.25) is 0 Å². The van der Waals surface area contributed by atoms with Gasteiger partial charge in [-0.05, 0) is 44.9 Å². The normalized spacial score (nSPS) is 12.4. The minimum atomic E-state index is -0.392. The second-order valence-electron chi connectivity index (χ2n) is 5.40. The predicted octanol–water partition coefficient (Wildman–Crippen LogP) is 1.56. The molecule has 0 fully saturated rings. The number of pyridine rings is 1. The van der Waals surface area contributed by atoms with Gasteiger partial charge in [-0.1, -0.05) is 0 Å². The van der Waals surface area contributed by atoms with E-state index in [9.17, 15) is 9.59 Å². The Kier molecular flexibility index (Phi) is 4.57. The average molecular weight is 288 g/mol. The summed E-state index contributed by atoms with van der Waals surface area (Å²) in [6.45, 7) is 5.60. The van der Waals surface area contributed by atoms with Gasteiger partial charge in [-0.25, -0.2) is 4.79 Å². The first kappa shape index (κ1) is 15.0. The van der Waals surface area contributed by atoms with Crippen LogP contribution in [0.3, 0.4) is 0 Å². The second kappa shape index (κ2) is 6.39. The first-order valence-electron chi connectivity index (χ1n) is 6.98. The van der Waals surface area contributed by atoms with E-state index in [1.807, 2.05) is 19.1 Å². The molecule has 0 aliphatic rings. The summed E-state index contributed by atoms with van der Waals surface area (Å²) in [4.78, 5) is 30.5. The zero-order chi connectivity index (χ0) is 15.4. The highest BCUT2D eigenvalue weighted by Crippen LogP contribution is 2.06. The van der Waals surface area contributed by atoms with Crippen LogP contribution in [0.4, 0.5) is 5.82 Å². The van der Waals surface area contributed by atoms with Gasteiger partial charge in [0.2, 0.25) is 0 Å². The first-order chi connectivity index (χ1) is 9.97. The first-order valence-corrected chi connectivity index (χ1v) is 6.98. The molecule has 2 N–H and O–H groups in total. The molecular formula is C15H20N4O2. The van der Waals surface area contributed by atoms with Gasteiger partial charge < -0.3 is 5.32 Å². The molecule has 2 aromatic heterocycles. The quantitative estimate of drug-likeness (QED) is 0.875. The van der Waals surface area contributed by atoms with Gasteiger partial charge >= 0.3 is 5.69 Å². The lowest BCUT2D eigenvalue weighted by molar-refractivity contribution is 0.546. The van der Waals surface area contributed by atoms with Crippen LogP contribution in [-0.4, -0.2) is 20.6 Å². The molecule has 1 unspecified atom stereocenters. The zero-order valence-electron chi connectivity index (χ0n) is 12.5. The molecule has 2 rings (SSSR count). The molecule has 2 aromatic rings. The van der Waals surface area contributed by atoms with Crippen LogP contribution < -0.4 is 16.6 Å². The summed E-state index contributed by atoms with van der Waals surface area (Å²) < 4.78 is 1.19. The highest BCUT2D eigenvalue weighted by Gasteiger charge is 2.09. The molecule has 2 heterocycles. The Labute approximate surface area is 122 Å². The molecule has 0 saturated carbocycles. The van der Waals surface area contributed by atoms with E-state index in [0.717, 1.165) is 12.0 Å². The molecule has 0 radical (unpaired) electrons. The van der Waals surface area contributed by atoms with Gasteiger partial charge in [0, 0.05) is 30.5 Å². The molecule has 1 atom stereocenters. The van der Waals surface area contributed by atoms with E-state index in [0.29, 0.717) is 5.82 Å². The summed E-state index contributed by atoms with van der Waals surface area (Å²) in [6.07, 6.45) is 4.26. The van der Waals surface area contributed by atoms with Crippen LogP contribution in [0.15, 0.2) is 40.2 Å². The largest absolute Gasteiger partial charge is 0.369 e. The van der Waals surface area contributed by atoms with Crippen molar-refractivity contribution in [2.45, 2.75) is 39.3 Å². The molecule has 21 heavy (non-hydrogen) atoms. The van der Waals surface area contributed by atoms with Crippen molar-refractivity contribution in [1.29, 1.82) is 0 Å². The molecule has 6 heteroatoms. The lowest BCUT2D eigenvalue weighted by atomic mass is 10.1. The maximum absolute atomic E-state index is 11.9. The fourth-order valence-electron chi connectivity index (χ4n) is 2.26. The number of nitrogens with zero attached hydrogens (tertiary/aromatic N) is 2. The molecule has 0 aromatic carbocycles. The smallest absolute Gasteiger partial charge is 0.330 e. The Morgan fingerprint density at radius 3 is 2.48 bits per heavy atom. The summed E-state index contributed by atoms with van der Waals surface area (Å²) in [5.74, 6) is 0.448. The van der Waals surface area contributed by atoms with Crippen LogP contribution in [-0.2, 0) is 6.42 Å². The van der Waals surface area contributed by atoms with Gasteiger partial charge in [0.25, 0.3) is 5.56 Å². The summed E-state index contributed by atoms with van der Waals surface area (Å²) in [5, 5.41) is 3.15. The topological polar surface area (TPSA) is 79.8 Å². The molecule has 0 bridgehead atoms. The van der Waals surface area contributed by atoms with E-state index < -0.39 is 5.69 Å². The Morgan fingerprint density at radius 1 is 1.24 bits per heavy atom. The van der Waals surface area contributed by atoms with E-state index in [2.05, 4.69) is 15.3 Å². The third kappa shape index (κ3) is 3.81. The van der Waals surface area contributed by atoms with Crippen molar-refractivity contribution in [3.05, 3.63) is 57.0 Å². The zero-order valence-corrected chi connectivity index (χ0v) is 12.5. The van der Waals surface area contributed by atoms with Crippen LogP contribution in [0.1, 0.15) is 32.4 Å². The van der Waals surface area contributed by atoms with Gasteiger partial charge in [-0.15, -0.1) is 0 Å². The van der Waals surface area contributed by atoms with Gasteiger partial charge in [0.15, 0.2) is 0 Å². The third-order valence-electron chi connectivity index (χ3n) is 3.18. The molecule has 0 saturated heterocycles. The summed E-state index contributed by atoms with van der Waals surface area (Å²) in [5.41, 5.74) is 0.450. The predicted molar refractivity (Wildman–Crippen MR) is 82.7 cm³/mol. The highest BCUT2D eigenvalue weighted by atomic mass is 16.2. The second-order valence-corrected chi connectivity index (χ2v) is 5.40. The van der Waals surface area contributed by atoms with Crippen LogP contribution in [0, 0.1) is 0 Å². The molecular weight excluding hydrogens is 268 g/mol. The lowest BCUT2D eigenvalue weighted by Gasteiger charge is -2.16. The van der Waals surface area contributed by atoms with E-state index >= 15 is 0 Å². The monoisotopic (exact) mass is 288 g/mol. The van der Waals surface area contributed by atoms with Crippen molar-refractivity contribution in [2.24, 2.45) is 0 Å². The van der Waals surface area contributed by atoms with Crippen molar-refractivity contribution >= 4 is 5.82 Å². The molecule has 6 nitrogen and oxygen atoms in total. The fourth-order valence-corrected chi connectivity index (χ4v) is 2.26. The van der Waals surface area contributed by atoms with E-state index in [1.165, 1.54) is 10.6 Å². The average Bonchev–Trinajstić information content (AvgIpc) is 2.38. The van der Waals surface area contributed by atoms with Crippen molar-refractivity contribution < 1.29 is 0 Å². The lowest BCUT2D eigenvalue weighted by Crippen LogP contribution is -2.37. The SMILES string of the molecule is CC(Cc1ccncc1)Nc1cc(=O)n(C(C)C)c(=O)[nH]1. The summed E-state index contributed by atoms with van der Waals surface area (Å²) >= 11 is 0. The molecule has 0 aliphatic heterocycles. The van der Waals surface area contributed by atoms with E-state index in [4.69, 9.17) is 0 Å². The molecule has 0 spiro atoms. The molecule has 0 amide bonds. The fraction of sp³-hybridized carbons (Fsp3) is 0.400. The van der Waals surface area contributed by atoms with Crippen molar-refractivity contribution in [3.8, 4) is 0 Å². The van der Waals surface area contributed by atoms with Crippen molar-refractivity contribution in [2.75, 3.05) is 5.32 Å². The van der Waals surface area contributed by atoms with Crippen LogP contribution >= 0.6 is 0 Å². The highest BCUT2D eigenvalue weighted by molar-refractivity contribution is 5.34. The number of H-pyrrole nitrogens is 1. The maximum atomic E-state index is 11.9. The maximum Gasteiger partial charge on any atom is 0.330 e. The van der Waals surface area contributed by atoms with E-state index in [1.54, 1.807) is 26.2 Å². The number of aromatic amines is 1. The minimum Gasteiger partial charge on any atom is -0.369 e. The number of aromatic nitrogens is 3. The van der Waals surface area contributed by atoms with Crippen molar-refractivity contribution in [3.63, 3.8) is 0 Å². The Balaban J connectivity index is 2.13. The number of hydrogen-bond acceptors (Lipinski definition) is 4. The van der Waals surface area contributed by atoms with Gasteiger partial charge in [-0.3, -0.25) is 19.3 Å². The standard InChI is InChI=1S/C15H20N4O2/c1-10(2)19-14(20)9-13(18-15(19)21)17-11(3)8-12-4-6-16-7-5-12/h4-7,9-11,17H,8H2,1-3H3,(H,18,21). The third-order valence-corrected chi connectivity index (χ3v) is 3.18. The summed E-state index contributed by atoms with van der Waals surface area (Å²) in [7, 11) is 0. The van der Waals surface area contributed by atoms with Crippen LogP contribution in [0.5, 0.6) is 0 Å². The van der Waals surface area contributed by atoms with E-state index in [-0.39, 0.29) is 17.6 Å². The number of nitrogens with one attached hydrogen (secondary N) is 2. The number of hydrogen-bond donors (Lipinski definition) is 2. The minimum absolute atomic E-state index is 0.0809. The van der Waals surface area contributed by atoms with Crippen LogP contribution in [0.25, 0.3) is 0 Å². The summed E-state index contributed by atoms with van der Waals surface area (Å²) in [6, 6.07) is 5.22. The van der Waals surface area contributed by atoms with Gasteiger partial charge in [-0.2, -0.15) is 0 Å². The molecule has 112 valence electrons. The molecule has 0 aliphatic carbocycles. The van der Waals surface area contributed by atoms with Gasteiger partial charge in [0.1, 0.15) is 5.82 Å². The van der Waals surface area contributed by atoms with Crippen molar-refractivity contribution in [1.82, 2.24) is 14.5 Å². The Morgan fingerprint density at radius 2 is 1.90 bits per heavy atom. The Hall–Kier alpha value is -2.37. The Bertz CT molecular complexity index is 672. The van der Waals surface area contributed by atoms with Gasteiger partial charge in [0.05, 0.1) is 0 Å². The number of rotatable bonds is 5. The number of anilines is 1.